The van der Waals surface area contributed by atoms with Crippen molar-refractivity contribution in [3.05, 3.63) is 60.2 Å². The van der Waals surface area contributed by atoms with Crippen molar-refractivity contribution in [1.82, 2.24) is 10.2 Å². The summed E-state index contributed by atoms with van der Waals surface area (Å²) in [5.74, 6) is 0.839. The Morgan fingerprint density at radius 3 is 1.96 bits per heavy atom. The third-order valence-electron chi connectivity index (χ3n) is 5.75. The second-order valence-electron chi connectivity index (χ2n) is 7.26. The lowest BCUT2D eigenvalue weighted by Crippen LogP contribution is -2.46. The Bertz CT molecular complexity index is 633. The zero-order chi connectivity index (χ0) is 16.2. The van der Waals surface area contributed by atoms with Crippen LogP contribution in [0.3, 0.4) is 0 Å². The molecule has 142 valence electrons. The first-order valence-corrected chi connectivity index (χ1v) is 9.52. The van der Waals surface area contributed by atoms with Crippen LogP contribution < -0.4 is 5.32 Å². The highest BCUT2D eigenvalue weighted by molar-refractivity contribution is 5.85. The lowest BCUT2D eigenvalue weighted by molar-refractivity contribution is 0.125. The normalized spacial score (nSPS) is 19.4. The number of rotatable bonds is 4. The quantitative estimate of drug-likeness (QED) is 0.755. The average molecular weight is 393 g/mol. The number of nitrogens with zero attached hydrogens (tertiary/aromatic N) is 1. The molecular weight excluding hydrogens is 363 g/mol. The number of hydrogen-bond acceptors (Lipinski definition) is 2. The Morgan fingerprint density at radius 2 is 1.35 bits per heavy atom. The Hall–Kier alpha value is -1.06. The highest BCUT2D eigenvalue weighted by atomic mass is 35.5. The van der Waals surface area contributed by atoms with Gasteiger partial charge in [-0.25, -0.2) is 0 Å². The predicted molar refractivity (Wildman–Crippen MR) is 116 cm³/mol. The van der Waals surface area contributed by atoms with Crippen molar-refractivity contribution in [3.8, 4) is 11.1 Å². The fourth-order valence-corrected chi connectivity index (χ4v) is 4.52. The molecule has 0 spiro atoms. The molecule has 1 saturated carbocycles. The molecule has 1 aliphatic carbocycles. The van der Waals surface area contributed by atoms with Crippen molar-refractivity contribution in [2.24, 2.45) is 5.92 Å². The smallest absolute Gasteiger partial charge is 0.0377 e. The van der Waals surface area contributed by atoms with E-state index in [1.54, 1.807) is 0 Å². The molecule has 0 radical (unpaired) electrons. The Balaban J connectivity index is 0.00000121. The fraction of sp³-hybridized carbons (Fsp3) is 0.455. The summed E-state index contributed by atoms with van der Waals surface area (Å²) in [7, 11) is 0. The van der Waals surface area contributed by atoms with Crippen molar-refractivity contribution < 1.29 is 0 Å². The van der Waals surface area contributed by atoms with Crippen LogP contribution in [0.2, 0.25) is 0 Å². The molecule has 2 aromatic carbocycles. The minimum atomic E-state index is 0. The minimum absolute atomic E-state index is 0. The average Bonchev–Trinajstić information content (AvgIpc) is 3.18. The summed E-state index contributed by atoms with van der Waals surface area (Å²) >= 11 is 0. The molecule has 26 heavy (non-hydrogen) atoms. The van der Waals surface area contributed by atoms with Crippen LogP contribution in [0, 0.1) is 5.92 Å². The maximum atomic E-state index is 3.50. The SMILES string of the molecule is Cl.Cl.c1ccc(-c2ccc([C@H](C3CCCC3)N3CCNCC3)cc2)cc1. The van der Waals surface area contributed by atoms with Crippen molar-refractivity contribution in [2.75, 3.05) is 26.2 Å². The molecule has 2 aliphatic rings. The molecule has 1 aliphatic heterocycles. The van der Waals surface area contributed by atoms with Crippen LogP contribution in [0.4, 0.5) is 0 Å². The molecule has 2 aromatic rings. The number of piperazine rings is 1. The monoisotopic (exact) mass is 392 g/mol. The van der Waals surface area contributed by atoms with E-state index in [0.29, 0.717) is 6.04 Å². The number of hydrogen-bond donors (Lipinski definition) is 1. The van der Waals surface area contributed by atoms with Crippen molar-refractivity contribution >= 4 is 24.8 Å². The third kappa shape index (κ3) is 4.80. The van der Waals surface area contributed by atoms with Crippen molar-refractivity contribution in [1.29, 1.82) is 0 Å². The van der Waals surface area contributed by atoms with Crippen LogP contribution in [0.15, 0.2) is 54.6 Å². The minimum Gasteiger partial charge on any atom is -0.314 e. The van der Waals surface area contributed by atoms with E-state index in [1.807, 2.05) is 0 Å². The van der Waals surface area contributed by atoms with Gasteiger partial charge in [-0.1, -0.05) is 67.4 Å². The van der Waals surface area contributed by atoms with E-state index in [0.717, 1.165) is 19.0 Å². The zero-order valence-electron chi connectivity index (χ0n) is 15.3. The van der Waals surface area contributed by atoms with Gasteiger partial charge in [0, 0.05) is 32.2 Å². The number of nitrogens with one attached hydrogen (secondary N) is 1. The lowest BCUT2D eigenvalue weighted by Gasteiger charge is -2.38. The third-order valence-corrected chi connectivity index (χ3v) is 5.75. The van der Waals surface area contributed by atoms with E-state index in [2.05, 4.69) is 64.8 Å². The number of benzene rings is 2. The van der Waals surface area contributed by atoms with Gasteiger partial charge in [0.15, 0.2) is 0 Å². The zero-order valence-corrected chi connectivity index (χ0v) is 16.9. The summed E-state index contributed by atoms with van der Waals surface area (Å²) in [5.41, 5.74) is 4.15. The molecule has 0 aromatic heterocycles. The molecule has 0 bridgehead atoms. The predicted octanol–water partition coefficient (Wildman–Crippen LogP) is 5.33. The summed E-state index contributed by atoms with van der Waals surface area (Å²) in [5, 5.41) is 3.50. The first-order valence-electron chi connectivity index (χ1n) is 9.52. The van der Waals surface area contributed by atoms with Gasteiger partial charge in [-0.15, -0.1) is 24.8 Å². The van der Waals surface area contributed by atoms with Gasteiger partial charge in [-0.2, -0.15) is 0 Å². The van der Waals surface area contributed by atoms with Gasteiger partial charge < -0.3 is 5.32 Å². The van der Waals surface area contributed by atoms with Gasteiger partial charge in [0.25, 0.3) is 0 Å². The molecule has 1 atom stereocenters. The second-order valence-corrected chi connectivity index (χ2v) is 7.26. The van der Waals surface area contributed by atoms with Crippen LogP contribution >= 0.6 is 24.8 Å². The van der Waals surface area contributed by atoms with E-state index in [-0.39, 0.29) is 24.8 Å². The Labute approximate surface area is 170 Å². The molecule has 1 saturated heterocycles. The van der Waals surface area contributed by atoms with Gasteiger partial charge in [0.05, 0.1) is 0 Å². The van der Waals surface area contributed by atoms with E-state index in [1.165, 1.54) is 55.5 Å². The summed E-state index contributed by atoms with van der Waals surface area (Å²) in [6.45, 7) is 4.62. The molecular formula is C22H30Cl2N2. The highest BCUT2D eigenvalue weighted by Crippen LogP contribution is 2.40. The molecule has 1 N–H and O–H groups in total. The van der Waals surface area contributed by atoms with E-state index < -0.39 is 0 Å². The largest absolute Gasteiger partial charge is 0.314 e. The molecule has 2 fully saturated rings. The van der Waals surface area contributed by atoms with Crippen LogP contribution in [0.1, 0.15) is 37.3 Å². The second kappa shape index (κ2) is 10.3. The van der Waals surface area contributed by atoms with E-state index in [9.17, 15) is 0 Å². The van der Waals surface area contributed by atoms with E-state index in [4.69, 9.17) is 0 Å². The molecule has 2 nitrogen and oxygen atoms in total. The molecule has 1 heterocycles. The van der Waals surface area contributed by atoms with Gasteiger partial charge in [-0.3, -0.25) is 4.90 Å². The molecule has 4 rings (SSSR count). The summed E-state index contributed by atoms with van der Waals surface area (Å²) < 4.78 is 0. The highest BCUT2D eigenvalue weighted by Gasteiger charge is 2.31. The fourth-order valence-electron chi connectivity index (χ4n) is 4.52. The molecule has 0 unspecified atom stereocenters. The Morgan fingerprint density at radius 1 is 0.769 bits per heavy atom. The topological polar surface area (TPSA) is 15.3 Å². The molecule has 4 heteroatoms. The summed E-state index contributed by atoms with van der Waals surface area (Å²) in [4.78, 5) is 2.73. The van der Waals surface area contributed by atoms with Gasteiger partial charge in [0.1, 0.15) is 0 Å². The summed E-state index contributed by atoms with van der Waals surface area (Å²) in [6.07, 6.45) is 5.62. The van der Waals surface area contributed by atoms with Crippen LogP contribution in [-0.4, -0.2) is 31.1 Å². The van der Waals surface area contributed by atoms with Gasteiger partial charge in [0.2, 0.25) is 0 Å². The summed E-state index contributed by atoms with van der Waals surface area (Å²) in [6, 6.07) is 20.7. The van der Waals surface area contributed by atoms with Gasteiger partial charge in [-0.05, 0) is 35.4 Å². The van der Waals surface area contributed by atoms with Gasteiger partial charge >= 0.3 is 0 Å². The standard InChI is InChI=1S/C22H28N2.2ClH/c1-2-6-18(7-3-1)19-10-12-21(13-11-19)22(20-8-4-5-9-20)24-16-14-23-15-17-24;;/h1-3,6-7,10-13,20,22-23H,4-5,8-9,14-17H2;2*1H/t22-;;/m0../s1. The van der Waals surface area contributed by atoms with Crippen molar-refractivity contribution in [3.63, 3.8) is 0 Å². The van der Waals surface area contributed by atoms with Crippen LogP contribution in [0.5, 0.6) is 0 Å². The maximum Gasteiger partial charge on any atom is 0.0377 e. The lowest BCUT2D eigenvalue weighted by atomic mass is 9.89. The first-order chi connectivity index (χ1) is 11.9. The van der Waals surface area contributed by atoms with Crippen LogP contribution in [0.25, 0.3) is 11.1 Å². The van der Waals surface area contributed by atoms with E-state index >= 15 is 0 Å². The van der Waals surface area contributed by atoms with Crippen LogP contribution in [-0.2, 0) is 0 Å². The molecule has 0 amide bonds. The Kier molecular flexibility index (Phi) is 8.43. The number of halogens is 2. The maximum absolute atomic E-state index is 3.50. The van der Waals surface area contributed by atoms with Crippen molar-refractivity contribution in [2.45, 2.75) is 31.7 Å². The first kappa shape index (κ1) is 21.2.